The van der Waals surface area contributed by atoms with Crippen molar-refractivity contribution in [2.75, 3.05) is 85.6 Å². The second kappa shape index (κ2) is 40.1. The average Bonchev–Trinajstić information content (AvgIpc) is 0.782. The van der Waals surface area contributed by atoms with E-state index >= 15 is 0 Å². The molecule has 0 bridgehead atoms. The fraction of sp³-hybridized carbons (Fsp3) is 0.394. The Kier molecular flexibility index (Phi) is 30.4. The van der Waals surface area contributed by atoms with Gasteiger partial charge >= 0.3 is 0 Å². The molecule has 111 heavy (non-hydrogen) atoms. The van der Waals surface area contributed by atoms with Gasteiger partial charge in [-0.1, -0.05) is 127 Å². The van der Waals surface area contributed by atoms with E-state index in [1.165, 1.54) is 41.0 Å². The number of hydrogen-bond acceptors (Lipinski definition) is 11. The summed E-state index contributed by atoms with van der Waals surface area (Å²) >= 11 is 0. The number of carbonyl (C=O) groups is 3. The van der Waals surface area contributed by atoms with Crippen LogP contribution in [0, 0.1) is 17.5 Å². The Hall–Kier alpha value is -9.46. The summed E-state index contributed by atoms with van der Waals surface area (Å²) in [6, 6.07) is 72.9. The first-order valence-corrected chi connectivity index (χ1v) is 39.9. The van der Waals surface area contributed by atoms with Crippen molar-refractivity contribution in [1.29, 1.82) is 0 Å². The highest BCUT2D eigenvalue weighted by Crippen LogP contribution is 2.39. The van der Waals surface area contributed by atoms with Crippen molar-refractivity contribution < 1.29 is 37.4 Å². The molecule has 0 radical (unpaired) electrons. The Morgan fingerprint density at radius 3 is 0.928 bits per heavy atom. The van der Waals surface area contributed by atoms with Crippen molar-refractivity contribution >= 4 is 17.7 Å². The minimum absolute atomic E-state index is 0.0214. The van der Waals surface area contributed by atoms with Crippen LogP contribution in [-0.2, 0) is 19.6 Å². The maximum Gasteiger partial charge on any atom is 0.253 e. The summed E-state index contributed by atoms with van der Waals surface area (Å²) < 4.78 is 45.7. The molecular weight excluding hydrogens is 1390 g/mol. The first-order chi connectivity index (χ1) is 53.5. The van der Waals surface area contributed by atoms with Crippen molar-refractivity contribution in [1.82, 2.24) is 44.1 Å². The van der Waals surface area contributed by atoms with Crippen molar-refractivity contribution in [3.05, 3.63) is 309 Å². The summed E-state index contributed by atoms with van der Waals surface area (Å²) in [6.45, 7) is 37.5. The average molecular weight is 1510 g/mol. The molecular formula is C94H116F3N9O5. The van der Waals surface area contributed by atoms with Crippen LogP contribution in [0.2, 0.25) is 0 Å². The lowest BCUT2D eigenvalue weighted by Gasteiger charge is -2.47. The van der Waals surface area contributed by atoms with E-state index in [4.69, 9.17) is 4.74 Å². The van der Waals surface area contributed by atoms with Crippen LogP contribution in [0.1, 0.15) is 182 Å². The van der Waals surface area contributed by atoms with Crippen LogP contribution in [-0.4, -0.2) is 189 Å². The standard InChI is InChI=1S/C32H40FN3O2.C31H38FN3O2.C31H38FN3O/c1-6-34(7-2)32(37)27-15-13-26(14-16-27)31(28-9-8-10-30(19-28)38-5)36-21-23(3)35(20-24(36)4)22-25-11-17-29(33)18-12-25;1-5-33(6-2)31(37)26-14-12-25(13-15-26)30(27-8-7-9-29(36)18-27)35-20-22(3)34(19-23(35)4)21-24-10-16-28(32)17-11-24;1-5-33(6-2)31(36)28-16-14-27(15-17-28)30(26-10-8-7-9-11-26)35-21-23(3)34(20-24(35)4)22-25-12-18-29(32)19-13-25/h8-19,23-24,31H,6-7,20-22H2,1-5H3;7-18,22-23,30,36H,5-6,19-21H2,1-4H3;7-19,23-24,30H,5-6,20-22H2,1-4H3/t23-,24+,31-;22-,23+,30-;23-,24+,30+/m111/s1. The number of ether oxygens (including phenoxy) is 1. The predicted molar refractivity (Wildman–Crippen MR) is 441 cm³/mol. The van der Waals surface area contributed by atoms with Gasteiger partial charge in [-0.05, 0) is 230 Å². The van der Waals surface area contributed by atoms with Gasteiger partial charge in [0, 0.05) is 151 Å². The quantitative estimate of drug-likeness (QED) is 0.0591. The number of benzene rings is 9. The number of rotatable bonds is 25. The minimum atomic E-state index is -0.214. The fourth-order valence-corrected chi connectivity index (χ4v) is 16.3. The molecule has 3 aliphatic rings. The molecule has 0 aliphatic carbocycles. The van der Waals surface area contributed by atoms with Gasteiger partial charge in [-0.25, -0.2) is 13.2 Å². The third-order valence-corrected chi connectivity index (χ3v) is 22.7. The Morgan fingerprint density at radius 2 is 0.631 bits per heavy atom. The first-order valence-electron chi connectivity index (χ1n) is 39.9. The topological polar surface area (TPSA) is 110 Å². The number of hydrogen-bond donors (Lipinski definition) is 1. The molecule has 1 N–H and O–H groups in total. The molecule has 12 rings (SSSR count). The summed E-state index contributed by atoms with van der Waals surface area (Å²) in [5.74, 6) is 0.653. The SMILES string of the molecule is CCN(CC)C(=O)c1ccc([C@H](c2cccc(O)c2)N2C[C@@H](C)N(Cc3ccc(F)cc3)C[C@@H]2C)cc1.CCN(CC)C(=O)c1ccc([C@H](c2cccc(OC)c2)N2C[C@@H](C)N(Cc3ccc(F)cc3)C[C@@H]2C)cc1.CCN(CC)C(=O)c1ccc([C@H](c2ccccc2)N2C[C@@H](C)N(Cc3ccc(F)cc3)C[C@@H]2C)cc1. The van der Waals surface area contributed by atoms with Crippen molar-refractivity contribution in [3.8, 4) is 11.5 Å². The Balaban J connectivity index is 0.000000177. The second-order valence-electron chi connectivity index (χ2n) is 30.1. The number of amides is 3. The normalized spacial score (nSPS) is 19.5. The number of phenols is 1. The molecule has 17 heteroatoms. The van der Waals surface area contributed by atoms with Crippen LogP contribution in [0.5, 0.6) is 11.5 Å². The van der Waals surface area contributed by atoms with Gasteiger partial charge in [0.05, 0.1) is 25.2 Å². The molecule has 0 unspecified atom stereocenters. The number of methoxy groups -OCH3 is 1. The van der Waals surface area contributed by atoms with Crippen molar-refractivity contribution in [2.24, 2.45) is 0 Å². The van der Waals surface area contributed by atoms with Crippen LogP contribution < -0.4 is 4.74 Å². The molecule has 9 aromatic rings. The number of piperazine rings is 3. The van der Waals surface area contributed by atoms with Gasteiger partial charge in [0.2, 0.25) is 0 Å². The second-order valence-corrected chi connectivity index (χ2v) is 30.1. The Morgan fingerprint density at radius 1 is 0.351 bits per heavy atom. The van der Waals surface area contributed by atoms with E-state index in [9.17, 15) is 32.7 Å². The zero-order valence-corrected chi connectivity index (χ0v) is 67.4. The lowest BCUT2D eigenvalue weighted by atomic mass is 9.92. The molecule has 588 valence electrons. The number of aromatic hydroxyl groups is 1. The lowest BCUT2D eigenvalue weighted by molar-refractivity contribution is 0.0195. The minimum Gasteiger partial charge on any atom is -0.508 e. The molecule has 0 spiro atoms. The highest BCUT2D eigenvalue weighted by molar-refractivity contribution is 5.95. The zero-order chi connectivity index (χ0) is 79.4. The van der Waals surface area contributed by atoms with Gasteiger partial charge in [0.25, 0.3) is 17.7 Å². The Bertz CT molecular complexity index is 4370. The highest BCUT2D eigenvalue weighted by atomic mass is 19.1. The number of phenolic OH excluding ortho intramolecular Hbond substituents is 1. The van der Waals surface area contributed by atoms with Crippen LogP contribution in [0.25, 0.3) is 0 Å². The van der Waals surface area contributed by atoms with E-state index in [2.05, 4.69) is 144 Å². The summed E-state index contributed by atoms with van der Waals surface area (Å²) in [5.41, 5.74) is 12.4. The summed E-state index contributed by atoms with van der Waals surface area (Å²) in [7, 11) is 1.70. The molecule has 0 aromatic heterocycles. The van der Waals surface area contributed by atoms with Crippen LogP contribution >= 0.6 is 0 Å². The van der Waals surface area contributed by atoms with Crippen molar-refractivity contribution in [3.63, 3.8) is 0 Å². The van der Waals surface area contributed by atoms with E-state index in [-0.39, 0.29) is 77.2 Å². The van der Waals surface area contributed by atoms with E-state index in [0.717, 1.165) is 104 Å². The Labute approximate surface area is 658 Å². The first kappa shape index (κ1) is 84.0. The van der Waals surface area contributed by atoms with Gasteiger partial charge in [0.15, 0.2) is 0 Å². The van der Waals surface area contributed by atoms with E-state index in [1.54, 1.807) is 25.3 Å². The smallest absolute Gasteiger partial charge is 0.253 e. The largest absolute Gasteiger partial charge is 0.508 e. The maximum absolute atomic E-state index is 13.4. The van der Waals surface area contributed by atoms with Crippen molar-refractivity contribution in [2.45, 2.75) is 157 Å². The molecule has 9 atom stereocenters. The number of halogens is 3. The molecule has 3 aliphatic heterocycles. The predicted octanol–water partition coefficient (Wildman–Crippen LogP) is 17.7. The molecule has 3 saturated heterocycles. The van der Waals surface area contributed by atoms with Gasteiger partial charge in [0.1, 0.15) is 29.0 Å². The number of carbonyl (C=O) groups excluding carboxylic acids is 3. The molecule has 3 heterocycles. The molecule has 14 nitrogen and oxygen atoms in total. The van der Waals surface area contributed by atoms with Gasteiger partial charge in [-0.3, -0.25) is 43.8 Å². The van der Waals surface area contributed by atoms with Gasteiger partial charge in [-0.2, -0.15) is 0 Å². The summed E-state index contributed by atoms with van der Waals surface area (Å²) in [5, 5.41) is 10.3. The monoisotopic (exact) mass is 1510 g/mol. The summed E-state index contributed by atoms with van der Waals surface area (Å²) in [6.07, 6.45) is 0. The van der Waals surface area contributed by atoms with Gasteiger partial charge < -0.3 is 24.5 Å². The van der Waals surface area contributed by atoms with E-state index < -0.39 is 0 Å². The van der Waals surface area contributed by atoms with E-state index in [1.807, 2.05) is 165 Å². The molecule has 3 amide bonds. The number of nitrogens with zero attached hydrogens (tertiary/aromatic N) is 9. The summed E-state index contributed by atoms with van der Waals surface area (Å²) in [4.78, 5) is 59.2. The maximum atomic E-state index is 13.4. The molecule has 0 saturated carbocycles. The third-order valence-electron chi connectivity index (χ3n) is 22.7. The van der Waals surface area contributed by atoms with Crippen LogP contribution in [0.3, 0.4) is 0 Å². The molecule has 9 aromatic carbocycles. The van der Waals surface area contributed by atoms with Gasteiger partial charge in [-0.15, -0.1) is 0 Å². The third kappa shape index (κ3) is 21.6. The zero-order valence-electron chi connectivity index (χ0n) is 67.4. The van der Waals surface area contributed by atoms with E-state index in [0.29, 0.717) is 68.5 Å². The fourth-order valence-electron chi connectivity index (χ4n) is 16.3. The lowest BCUT2D eigenvalue weighted by Crippen LogP contribution is -2.56. The molecule has 3 fully saturated rings. The highest BCUT2D eigenvalue weighted by Gasteiger charge is 2.39. The van der Waals surface area contributed by atoms with Crippen LogP contribution in [0.4, 0.5) is 13.2 Å². The van der Waals surface area contributed by atoms with Crippen LogP contribution in [0.15, 0.2) is 224 Å².